The van der Waals surface area contributed by atoms with Gasteiger partial charge < -0.3 is 4.52 Å². The zero-order chi connectivity index (χ0) is 12.8. The summed E-state index contributed by atoms with van der Waals surface area (Å²) in [7, 11) is -3.53. The first kappa shape index (κ1) is 11.7. The zero-order valence-corrected chi connectivity index (χ0v) is 11.3. The van der Waals surface area contributed by atoms with Gasteiger partial charge in [-0.25, -0.2) is 8.42 Å². The van der Waals surface area contributed by atoms with Gasteiger partial charge in [0.1, 0.15) is 11.4 Å². The molecular formula is C11H12N2O3S2. The number of nitrogens with zero attached hydrogens (tertiary/aromatic N) is 1. The maximum Gasteiger partial charge on any atom is 0.262 e. The van der Waals surface area contributed by atoms with Gasteiger partial charge in [0, 0.05) is 11.3 Å². The van der Waals surface area contributed by atoms with Crippen molar-refractivity contribution >= 4 is 27.0 Å². The van der Waals surface area contributed by atoms with Crippen LogP contribution in [-0.2, 0) is 10.0 Å². The van der Waals surface area contributed by atoms with Crippen LogP contribution in [0, 0.1) is 6.92 Å². The quantitative estimate of drug-likeness (QED) is 0.937. The minimum Gasteiger partial charge on any atom is -0.359 e. The maximum atomic E-state index is 12.1. The summed E-state index contributed by atoms with van der Waals surface area (Å²) >= 11 is 1.35. The molecule has 1 fully saturated rings. The molecule has 96 valence electrons. The number of anilines is 1. The molecule has 18 heavy (non-hydrogen) atoms. The van der Waals surface area contributed by atoms with Crippen molar-refractivity contribution in [3.8, 4) is 0 Å². The Hall–Kier alpha value is -1.34. The van der Waals surface area contributed by atoms with Crippen molar-refractivity contribution in [2.45, 2.75) is 30.6 Å². The Kier molecular flexibility index (Phi) is 2.67. The normalized spacial score (nSPS) is 15.8. The molecular weight excluding hydrogens is 272 g/mol. The van der Waals surface area contributed by atoms with E-state index in [4.69, 9.17) is 4.52 Å². The largest absolute Gasteiger partial charge is 0.359 e. The minimum absolute atomic E-state index is 0.273. The minimum atomic E-state index is -3.53. The predicted octanol–water partition coefficient (Wildman–Crippen LogP) is 2.72. The first-order chi connectivity index (χ1) is 8.58. The molecule has 1 N–H and O–H groups in total. The van der Waals surface area contributed by atoms with Gasteiger partial charge in [0.15, 0.2) is 5.76 Å². The van der Waals surface area contributed by atoms with E-state index in [0.29, 0.717) is 23.1 Å². The Bertz CT molecular complexity index is 655. The van der Waals surface area contributed by atoms with Crippen LogP contribution in [0.25, 0.3) is 0 Å². The fraction of sp³-hybridized carbons (Fsp3) is 0.364. The summed E-state index contributed by atoms with van der Waals surface area (Å²) in [6, 6.07) is 1.58. The summed E-state index contributed by atoms with van der Waals surface area (Å²) in [4.78, 5) is 0.273. The molecule has 1 saturated carbocycles. The lowest BCUT2D eigenvalue weighted by Gasteiger charge is -2.06. The summed E-state index contributed by atoms with van der Waals surface area (Å²) in [5, 5.41) is 7.18. The molecule has 0 bridgehead atoms. The number of rotatable bonds is 4. The number of nitrogens with one attached hydrogen (secondary N) is 1. The van der Waals surface area contributed by atoms with Crippen LogP contribution in [0.2, 0.25) is 0 Å². The van der Waals surface area contributed by atoms with Gasteiger partial charge in [-0.05, 0) is 31.2 Å². The van der Waals surface area contributed by atoms with E-state index in [1.54, 1.807) is 23.8 Å². The van der Waals surface area contributed by atoms with Crippen LogP contribution < -0.4 is 4.72 Å². The molecule has 0 spiro atoms. The third-order valence-corrected chi connectivity index (χ3v) is 5.06. The lowest BCUT2D eigenvalue weighted by Crippen LogP contribution is -2.13. The van der Waals surface area contributed by atoms with Crippen LogP contribution in [0.15, 0.2) is 26.2 Å². The summed E-state index contributed by atoms with van der Waals surface area (Å²) in [6.45, 7) is 1.74. The van der Waals surface area contributed by atoms with Crippen molar-refractivity contribution in [3.63, 3.8) is 0 Å². The number of sulfonamides is 1. The Morgan fingerprint density at radius 1 is 1.50 bits per heavy atom. The molecule has 0 aliphatic heterocycles. The van der Waals surface area contributed by atoms with E-state index in [1.165, 1.54) is 11.3 Å². The molecule has 1 aliphatic carbocycles. The Morgan fingerprint density at radius 3 is 2.89 bits per heavy atom. The van der Waals surface area contributed by atoms with Crippen LogP contribution in [0.3, 0.4) is 0 Å². The smallest absolute Gasteiger partial charge is 0.262 e. The van der Waals surface area contributed by atoms with Gasteiger partial charge >= 0.3 is 0 Å². The predicted molar refractivity (Wildman–Crippen MR) is 68.3 cm³/mol. The Morgan fingerprint density at radius 2 is 2.28 bits per heavy atom. The second-order valence-electron chi connectivity index (χ2n) is 4.35. The van der Waals surface area contributed by atoms with Gasteiger partial charge in [-0.2, -0.15) is 11.3 Å². The molecule has 0 radical (unpaired) electrons. The van der Waals surface area contributed by atoms with E-state index in [9.17, 15) is 8.42 Å². The lowest BCUT2D eigenvalue weighted by molar-refractivity contribution is 0.381. The molecule has 1 aliphatic rings. The van der Waals surface area contributed by atoms with E-state index in [2.05, 4.69) is 9.88 Å². The molecule has 2 aromatic rings. The monoisotopic (exact) mass is 284 g/mol. The highest BCUT2D eigenvalue weighted by atomic mass is 32.2. The van der Waals surface area contributed by atoms with Crippen molar-refractivity contribution in [3.05, 3.63) is 28.3 Å². The van der Waals surface area contributed by atoms with Gasteiger partial charge in [-0.15, -0.1) is 0 Å². The Balaban J connectivity index is 1.95. The average Bonchev–Trinajstić information content (AvgIpc) is 2.88. The van der Waals surface area contributed by atoms with Crippen molar-refractivity contribution < 1.29 is 12.9 Å². The third-order valence-electron chi connectivity index (χ3n) is 2.88. The highest BCUT2D eigenvalue weighted by Crippen LogP contribution is 2.44. The number of aromatic nitrogens is 1. The van der Waals surface area contributed by atoms with Crippen molar-refractivity contribution in [1.29, 1.82) is 0 Å². The summed E-state index contributed by atoms with van der Waals surface area (Å²) in [5.74, 6) is 0.970. The third kappa shape index (κ3) is 2.04. The first-order valence-corrected chi connectivity index (χ1v) is 8.02. The van der Waals surface area contributed by atoms with E-state index in [-0.39, 0.29) is 4.90 Å². The molecule has 0 amide bonds. The molecule has 0 saturated heterocycles. The number of aryl methyl sites for hydroxylation is 1. The highest BCUT2D eigenvalue weighted by molar-refractivity contribution is 7.92. The van der Waals surface area contributed by atoms with Crippen molar-refractivity contribution in [1.82, 2.24) is 5.16 Å². The van der Waals surface area contributed by atoms with Crippen LogP contribution in [0.1, 0.15) is 30.2 Å². The van der Waals surface area contributed by atoms with Crippen LogP contribution in [0.5, 0.6) is 0 Å². The van der Waals surface area contributed by atoms with E-state index in [1.807, 2.05) is 0 Å². The average molecular weight is 284 g/mol. The van der Waals surface area contributed by atoms with Gasteiger partial charge in [0.25, 0.3) is 10.0 Å². The van der Waals surface area contributed by atoms with Crippen LogP contribution in [-0.4, -0.2) is 13.6 Å². The molecule has 0 unspecified atom stereocenters. The second kappa shape index (κ2) is 4.10. The van der Waals surface area contributed by atoms with Gasteiger partial charge in [0.05, 0.1) is 4.90 Å². The molecule has 2 heterocycles. The summed E-state index contributed by atoms with van der Waals surface area (Å²) < 4.78 is 32.1. The molecule has 0 atom stereocenters. The Labute approximate surface area is 109 Å². The van der Waals surface area contributed by atoms with E-state index in [0.717, 1.165) is 12.8 Å². The number of hydrogen-bond donors (Lipinski definition) is 1. The van der Waals surface area contributed by atoms with Crippen molar-refractivity contribution in [2.24, 2.45) is 0 Å². The SMILES string of the molecule is Cc1noc(C2CC2)c1NS(=O)(=O)c1ccsc1. The van der Waals surface area contributed by atoms with Gasteiger partial charge in [-0.3, -0.25) is 4.72 Å². The zero-order valence-electron chi connectivity index (χ0n) is 9.71. The van der Waals surface area contributed by atoms with Gasteiger partial charge in [0.2, 0.25) is 0 Å². The molecule has 7 heteroatoms. The number of hydrogen-bond acceptors (Lipinski definition) is 5. The van der Waals surface area contributed by atoms with Crippen LogP contribution >= 0.6 is 11.3 Å². The van der Waals surface area contributed by atoms with Crippen LogP contribution in [0.4, 0.5) is 5.69 Å². The first-order valence-electron chi connectivity index (χ1n) is 5.59. The van der Waals surface area contributed by atoms with Crippen molar-refractivity contribution in [2.75, 3.05) is 4.72 Å². The highest BCUT2D eigenvalue weighted by Gasteiger charge is 2.33. The summed E-state index contributed by atoms with van der Waals surface area (Å²) in [6.07, 6.45) is 2.06. The molecule has 5 nitrogen and oxygen atoms in total. The molecule has 3 rings (SSSR count). The van der Waals surface area contributed by atoms with E-state index < -0.39 is 10.0 Å². The second-order valence-corrected chi connectivity index (χ2v) is 6.81. The maximum absolute atomic E-state index is 12.1. The number of thiophene rings is 1. The topological polar surface area (TPSA) is 72.2 Å². The fourth-order valence-corrected chi connectivity index (χ4v) is 3.89. The lowest BCUT2D eigenvalue weighted by atomic mass is 10.2. The fourth-order valence-electron chi connectivity index (χ4n) is 1.73. The van der Waals surface area contributed by atoms with E-state index >= 15 is 0 Å². The van der Waals surface area contributed by atoms with Gasteiger partial charge in [-0.1, -0.05) is 5.16 Å². The summed E-state index contributed by atoms with van der Waals surface area (Å²) in [5.41, 5.74) is 1.08. The molecule has 2 aromatic heterocycles. The molecule has 0 aromatic carbocycles. The standard InChI is InChI=1S/C11H12N2O3S2/c1-7-10(11(16-12-7)8-2-3-8)13-18(14,15)9-4-5-17-6-9/h4-6,8,13H,2-3H2,1H3.